The minimum absolute atomic E-state index is 0. The van der Waals surface area contributed by atoms with E-state index in [9.17, 15) is 0 Å². The number of ether oxygens (including phenoxy) is 2. The van der Waals surface area contributed by atoms with Crippen LogP contribution in [0.15, 0.2) is 54.6 Å². The molecule has 1 heterocycles. The Morgan fingerprint density at radius 2 is 1.67 bits per heavy atom. The van der Waals surface area contributed by atoms with Crippen LogP contribution in [0.2, 0.25) is 0 Å². The fraction of sp³-hybridized carbons (Fsp3) is 0.368. The monoisotopic (exact) mass is 348 g/mol. The van der Waals surface area contributed by atoms with E-state index in [-0.39, 0.29) is 12.4 Å². The molecule has 3 rings (SSSR count). The average molecular weight is 349 g/mol. The fourth-order valence-electron chi connectivity index (χ4n) is 2.72. The van der Waals surface area contributed by atoms with E-state index in [2.05, 4.69) is 17.1 Å². The maximum atomic E-state index is 5.84. The van der Waals surface area contributed by atoms with Crippen molar-refractivity contribution in [3.05, 3.63) is 54.6 Å². The van der Waals surface area contributed by atoms with E-state index >= 15 is 0 Å². The van der Waals surface area contributed by atoms with Gasteiger partial charge in [0.25, 0.3) is 0 Å². The number of hydrogen-bond donors (Lipinski definition) is 1. The molecule has 4 nitrogen and oxygen atoms in total. The summed E-state index contributed by atoms with van der Waals surface area (Å²) >= 11 is 0. The summed E-state index contributed by atoms with van der Waals surface area (Å²) in [7, 11) is 0. The summed E-state index contributed by atoms with van der Waals surface area (Å²) in [6.07, 6.45) is 0. The van der Waals surface area contributed by atoms with Crippen molar-refractivity contribution in [2.45, 2.75) is 13.0 Å². The van der Waals surface area contributed by atoms with Crippen LogP contribution in [0.5, 0.6) is 17.2 Å². The molecule has 130 valence electrons. The Kier molecular flexibility index (Phi) is 7.37. The third kappa shape index (κ3) is 5.41. The summed E-state index contributed by atoms with van der Waals surface area (Å²) in [5, 5.41) is 3.40. The minimum Gasteiger partial charge on any atom is -0.492 e. The summed E-state index contributed by atoms with van der Waals surface area (Å²) in [5.74, 6) is 2.54. The van der Waals surface area contributed by atoms with Crippen molar-refractivity contribution < 1.29 is 9.47 Å². The van der Waals surface area contributed by atoms with Crippen LogP contribution in [0, 0.1) is 0 Å². The van der Waals surface area contributed by atoms with Crippen molar-refractivity contribution in [3.63, 3.8) is 0 Å². The van der Waals surface area contributed by atoms with Gasteiger partial charge in [-0.25, -0.2) is 0 Å². The average Bonchev–Trinajstić information content (AvgIpc) is 2.59. The SMILES string of the molecule is C[C@@H]1CNCCN1CCOc1ccc(Oc2ccccc2)cc1.Cl. The Bertz CT molecular complexity index is 592. The van der Waals surface area contributed by atoms with Crippen LogP contribution in [-0.4, -0.2) is 43.7 Å². The molecule has 0 aromatic heterocycles. The Hall–Kier alpha value is -1.75. The lowest BCUT2D eigenvalue weighted by Gasteiger charge is -2.33. The molecule has 5 heteroatoms. The van der Waals surface area contributed by atoms with Gasteiger partial charge in [-0.3, -0.25) is 4.90 Å². The van der Waals surface area contributed by atoms with E-state index in [1.165, 1.54) is 0 Å². The molecule has 0 amide bonds. The normalized spacial score (nSPS) is 17.8. The number of piperazine rings is 1. The molecule has 0 radical (unpaired) electrons. The molecule has 0 spiro atoms. The topological polar surface area (TPSA) is 33.7 Å². The molecule has 1 aliphatic rings. The van der Waals surface area contributed by atoms with Crippen molar-refractivity contribution in [2.75, 3.05) is 32.8 Å². The number of hydrogen-bond acceptors (Lipinski definition) is 4. The predicted octanol–water partition coefficient (Wildman–Crippen LogP) is 3.57. The zero-order valence-corrected chi connectivity index (χ0v) is 14.8. The molecular formula is C19H25ClN2O2. The van der Waals surface area contributed by atoms with Crippen molar-refractivity contribution in [1.82, 2.24) is 10.2 Å². The molecule has 1 N–H and O–H groups in total. The molecule has 0 aliphatic carbocycles. The molecular weight excluding hydrogens is 324 g/mol. The molecule has 2 aromatic rings. The van der Waals surface area contributed by atoms with Gasteiger partial charge in [0.2, 0.25) is 0 Å². The molecule has 2 aromatic carbocycles. The Balaban J connectivity index is 0.00000208. The van der Waals surface area contributed by atoms with Gasteiger partial charge < -0.3 is 14.8 Å². The maximum absolute atomic E-state index is 5.84. The third-order valence-corrected chi connectivity index (χ3v) is 4.09. The summed E-state index contributed by atoms with van der Waals surface area (Å²) in [5.41, 5.74) is 0. The summed E-state index contributed by atoms with van der Waals surface area (Å²) in [6, 6.07) is 18.2. The first-order valence-corrected chi connectivity index (χ1v) is 8.22. The van der Waals surface area contributed by atoms with Crippen molar-refractivity contribution >= 4 is 12.4 Å². The van der Waals surface area contributed by atoms with Crippen LogP contribution in [0.1, 0.15) is 6.92 Å². The minimum atomic E-state index is 0. The molecule has 0 unspecified atom stereocenters. The molecule has 1 aliphatic heterocycles. The van der Waals surface area contributed by atoms with Gasteiger partial charge in [-0.1, -0.05) is 18.2 Å². The lowest BCUT2D eigenvalue weighted by Crippen LogP contribution is -2.50. The van der Waals surface area contributed by atoms with E-state index in [4.69, 9.17) is 9.47 Å². The summed E-state index contributed by atoms with van der Waals surface area (Å²) < 4.78 is 11.6. The van der Waals surface area contributed by atoms with E-state index in [0.29, 0.717) is 12.6 Å². The van der Waals surface area contributed by atoms with Gasteiger partial charge in [0.15, 0.2) is 0 Å². The summed E-state index contributed by atoms with van der Waals surface area (Å²) in [6.45, 7) is 7.14. The number of para-hydroxylation sites is 1. The van der Waals surface area contributed by atoms with E-state index in [1.807, 2.05) is 54.6 Å². The first-order chi connectivity index (χ1) is 11.3. The van der Waals surface area contributed by atoms with Crippen LogP contribution >= 0.6 is 12.4 Å². The lowest BCUT2D eigenvalue weighted by atomic mass is 10.2. The first-order valence-electron chi connectivity index (χ1n) is 8.22. The van der Waals surface area contributed by atoms with Crippen LogP contribution < -0.4 is 14.8 Å². The highest BCUT2D eigenvalue weighted by Crippen LogP contribution is 2.23. The van der Waals surface area contributed by atoms with Gasteiger partial charge in [0.1, 0.15) is 23.9 Å². The van der Waals surface area contributed by atoms with Crippen molar-refractivity contribution in [1.29, 1.82) is 0 Å². The largest absolute Gasteiger partial charge is 0.492 e. The second kappa shape index (κ2) is 9.52. The van der Waals surface area contributed by atoms with E-state index < -0.39 is 0 Å². The van der Waals surface area contributed by atoms with Gasteiger partial charge in [-0.2, -0.15) is 0 Å². The second-order valence-electron chi connectivity index (χ2n) is 5.82. The third-order valence-electron chi connectivity index (χ3n) is 4.09. The molecule has 1 saturated heterocycles. The van der Waals surface area contributed by atoms with Crippen LogP contribution in [0.4, 0.5) is 0 Å². The highest BCUT2D eigenvalue weighted by atomic mass is 35.5. The zero-order valence-electron chi connectivity index (χ0n) is 14.0. The Morgan fingerprint density at radius 1 is 1.00 bits per heavy atom. The first kappa shape index (κ1) is 18.6. The summed E-state index contributed by atoms with van der Waals surface area (Å²) in [4.78, 5) is 2.46. The Labute approximate surface area is 150 Å². The van der Waals surface area contributed by atoms with Crippen molar-refractivity contribution in [3.8, 4) is 17.2 Å². The maximum Gasteiger partial charge on any atom is 0.127 e. The molecule has 1 fully saturated rings. The van der Waals surface area contributed by atoms with Crippen LogP contribution in [0.25, 0.3) is 0 Å². The van der Waals surface area contributed by atoms with Crippen LogP contribution in [-0.2, 0) is 0 Å². The number of benzene rings is 2. The molecule has 0 bridgehead atoms. The van der Waals surface area contributed by atoms with Crippen molar-refractivity contribution in [2.24, 2.45) is 0 Å². The van der Waals surface area contributed by atoms with Gasteiger partial charge in [-0.15, -0.1) is 12.4 Å². The molecule has 1 atom stereocenters. The van der Waals surface area contributed by atoms with E-state index in [0.717, 1.165) is 43.4 Å². The quantitative estimate of drug-likeness (QED) is 0.865. The fourth-order valence-corrected chi connectivity index (χ4v) is 2.72. The smallest absolute Gasteiger partial charge is 0.127 e. The van der Waals surface area contributed by atoms with Crippen LogP contribution in [0.3, 0.4) is 0 Å². The number of halogens is 1. The standard InChI is InChI=1S/C19H24N2O2.ClH/c1-16-15-20-11-12-21(16)13-14-22-17-7-9-19(10-8-17)23-18-5-3-2-4-6-18;/h2-10,16,20H,11-15H2,1H3;1H/t16-;/m1./s1. The highest BCUT2D eigenvalue weighted by Gasteiger charge is 2.17. The highest BCUT2D eigenvalue weighted by molar-refractivity contribution is 5.85. The number of rotatable bonds is 6. The molecule has 0 saturated carbocycles. The van der Waals surface area contributed by atoms with E-state index in [1.54, 1.807) is 0 Å². The lowest BCUT2D eigenvalue weighted by molar-refractivity contribution is 0.143. The second-order valence-corrected chi connectivity index (χ2v) is 5.82. The number of nitrogens with zero attached hydrogens (tertiary/aromatic N) is 1. The predicted molar refractivity (Wildman–Crippen MR) is 99.6 cm³/mol. The number of nitrogens with one attached hydrogen (secondary N) is 1. The van der Waals surface area contributed by atoms with Gasteiger partial charge in [0, 0.05) is 32.2 Å². The van der Waals surface area contributed by atoms with Gasteiger partial charge >= 0.3 is 0 Å². The van der Waals surface area contributed by atoms with Gasteiger partial charge in [-0.05, 0) is 43.3 Å². The Morgan fingerprint density at radius 3 is 2.38 bits per heavy atom. The zero-order chi connectivity index (χ0) is 15.9. The molecule has 24 heavy (non-hydrogen) atoms. The van der Waals surface area contributed by atoms with Gasteiger partial charge in [0.05, 0.1) is 0 Å².